The van der Waals surface area contributed by atoms with Crippen LogP contribution in [0, 0.1) is 0 Å². The first-order valence-electron chi connectivity index (χ1n) is 3.80. The van der Waals surface area contributed by atoms with Crippen molar-refractivity contribution in [1.29, 1.82) is 0 Å². The van der Waals surface area contributed by atoms with Gasteiger partial charge in [-0.25, -0.2) is 13.2 Å². The van der Waals surface area contributed by atoms with Crippen LogP contribution in [0.4, 0.5) is 5.69 Å². The maximum Gasteiger partial charge on any atom is 0.335 e. The molecule has 0 fully saturated rings. The van der Waals surface area contributed by atoms with Gasteiger partial charge in [-0.2, -0.15) is 0 Å². The molecule has 1 rings (SSSR count). The minimum absolute atomic E-state index is 0.0842. The van der Waals surface area contributed by atoms with Crippen LogP contribution in [0.5, 0.6) is 0 Å². The molecule has 0 heterocycles. The van der Waals surface area contributed by atoms with Gasteiger partial charge in [-0.15, -0.1) is 0 Å². The number of hydrogen-bond donors (Lipinski definition) is 2. The van der Waals surface area contributed by atoms with E-state index in [9.17, 15) is 13.2 Å². The average Bonchev–Trinajstić information content (AvgIpc) is 2.05. The summed E-state index contributed by atoms with van der Waals surface area (Å²) in [6.45, 7) is 0. The summed E-state index contributed by atoms with van der Waals surface area (Å²) in [5.41, 5.74) is 0.392. The molecule has 7 heteroatoms. The predicted octanol–water partition coefficient (Wildman–Crippen LogP) is 1.52. The summed E-state index contributed by atoms with van der Waals surface area (Å²) in [6, 6.07) is 4.03. The molecule has 0 saturated carbocycles. The van der Waals surface area contributed by atoms with Crippen molar-refractivity contribution in [1.82, 2.24) is 0 Å². The normalized spacial score (nSPS) is 11.1. The van der Waals surface area contributed by atoms with Crippen molar-refractivity contribution in [2.45, 2.75) is 0 Å². The maximum atomic E-state index is 10.9. The number of carboxylic acids is 1. The number of halogens is 1. The van der Waals surface area contributed by atoms with Crippen LogP contribution in [-0.2, 0) is 10.0 Å². The molecule has 1 aromatic carbocycles. The van der Waals surface area contributed by atoms with Gasteiger partial charge in [0, 0.05) is 4.47 Å². The Morgan fingerprint density at radius 3 is 2.47 bits per heavy atom. The summed E-state index contributed by atoms with van der Waals surface area (Å²) in [6.07, 6.45) is 1.02. The fourth-order valence-electron chi connectivity index (χ4n) is 0.931. The van der Waals surface area contributed by atoms with E-state index in [2.05, 4.69) is 20.7 Å². The summed E-state index contributed by atoms with van der Waals surface area (Å²) in [5, 5.41) is 8.67. The van der Waals surface area contributed by atoms with Crippen molar-refractivity contribution in [2.24, 2.45) is 0 Å². The second-order valence-corrected chi connectivity index (χ2v) is 5.48. The van der Waals surface area contributed by atoms with Gasteiger partial charge < -0.3 is 5.11 Å². The van der Waals surface area contributed by atoms with Crippen LogP contribution in [0.1, 0.15) is 10.4 Å². The highest BCUT2D eigenvalue weighted by molar-refractivity contribution is 9.10. The van der Waals surface area contributed by atoms with E-state index >= 15 is 0 Å². The Balaban J connectivity index is 3.09. The largest absolute Gasteiger partial charge is 0.478 e. The van der Waals surface area contributed by atoms with Crippen molar-refractivity contribution in [3.8, 4) is 0 Å². The van der Waals surface area contributed by atoms with Gasteiger partial charge in [-0.05, 0) is 34.1 Å². The lowest BCUT2D eigenvalue weighted by atomic mass is 10.2. The van der Waals surface area contributed by atoms with Gasteiger partial charge in [0.15, 0.2) is 0 Å². The van der Waals surface area contributed by atoms with Crippen LogP contribution in [-0.4, -0.2) is 25.7 Å². The van der Waals surface area contributed by atoms with Gasteiger partial charge in [0.25, 0.3) is 0 Å². The SMILES string of the molecule is CS(=O)(=O)Nc1ccc(C(=O)O)cc1Br. The lowest BCUT2D eigenvalue weighted by Gasteiger charge is -2.06. The minimum Gasteiger partial charge on any atom is -0.478 e. The smallest absolute Gasteiger partial charge is 0.335 e. The lowest BCUT2D eigenvalue weighted by Crippen LogP contribution is -2.10. The number of benzene rings is 1. The van der Waals surface area contributed by atoms with Crippen molar-refractivity contribution in [3.63, 3.8) is 0 Å². The zero-order chi connectivity index (χ0) is 11.6. The molecule has 0 aliphatic rings. The van der Waals surface area contributed by atoms with Crippen molar-refractivity contribution < 1.29 is 18.3 Å². The van der Waals surface area contributed by atoms with Crippen LogP contribution < -0.4 is 4.72 Å². The van der Waals surface area contributed by atoms with E-state index in [1.165, 1.54) is 18.2 Å². The third-order valence-electron chi connectivity index (χ3n) is 1.51. The quantitative estimate of drug-likeness (QED) is 0.885. The Hall–Kier alpha value is -1.08. The first-order valence-corrected chi connectivity index (χ1v) is 6.48. The van der Waals surface area contributed by atoms with E-state index < -0.39 is 16.0 Å². The van der Waals surface area contributed by atoms with E-state index in [0.717, 1.165) is 6.26 Å². The summed E-state index contributed by atoms with van der Waals surface area (Å²) < 4.78 is 24.5. The molecular formula is C8H8BrNO4S. The lowest BCUT2D eigenvalue weighted by molar-refractivity contribution is 0.0697. The third-order valence-corrected chi connectivity index (χ3v) is 2.76. The molecule has 0 saturated heterocycles. The number of sulfonamides is 1. The van der Waals surface area contributed by atoms with Crippen molar-refractivity contribution in [3.05, 3.63) is 28.2 Å². The Kier molecular flexibility index (Phi) is 3.35. The number of rotatable bonds is 3. The summed E-state index contributed by atoms with van der Waals surface area (Å²) in [4.78, 5) is 10.6. The second-order valence-electron chi connectivity index (χ2n) is 2.87. The summed E-state index contributed by atoms with van der Waals surface area (Å²) in [5.74, 6) is -1.07. The fourth-order valence-corrected chi connectivity index (χ4v) is 2.12. The highest BCUT2D eigenvalue weighted by atomic mass is 79.9. The number of anilines is 1. The fraction of sp³-hybridized carbons (Fsp3) is 0.125. The molecule has 82 valence electrons. The molecule has 2 N–H and O–H groups in total. The molecule has 0 unspecified atom stereocenters. The van der Waals surface area contributed by atoms with E-state index in [-0.39, 0.29) is 5.56 Å². The van der Waals surface area contributed by atoms with E-state index in [4.69, 9.17) is 5.11 Å². The summed E-state index contributed by atoms with van der Waals surface area (Å²) in [7, 11) is -3.36. The van der Waals surface area contributed by atoms with E-state index in [1.54, 1.807) is 0 Å². The highest BCUT2D eigenvalue weighted by Crippen LogP contribution is 2.24. The van der Waals surface area contributed by atoms with Crippen LogP contribution in [0.3, 0.4) is 0 Å². The third kappa shape index (κ3) is 3.52. The number of carboxylic acid groups (broad SMARTS) is 1. The zero-order valence-corrected chi connectivity index (χ0v) is 10.1. The second kappa shape index (κ2) is 4.19. The Bertz CT molecular complexity index is 497. The minimum atomic E-state index is -3.36. The molecular weight excluding hydrogens is 286 g/mol. The number of nitrogens with one attached hydrogen (secondary N) is 1. The van der Waals surface area contributed by atoms with Crippen LogP contribution >= 0.6 is 15.9 Å². The molecule has 0 aromatic heterocycles. The molecule has 0 aliphatic heterocycles. The van der Waals surface area contributed by atoms with Gasteiger partial charge in [0.2, 0.25) is 10.0 Å². The molecule has 5 nitrogen and oxygen atoms in total. The topological polar surface area (TPSA) is 83.5 Å². The van der Waals surface area contributed by atoms with E-state index in [1.807, 2.05) is 0 Å². The molecule has 15 heavy (non-hydrogen) atoms. The standard InChI is InChI=1S/C8H8BrNO4S/c1-15(13,14)10-7-3-2-5(8(11)12)4-6(7)9/h2-4,10H,1H3,(H,11,12). The Morgan fingerprint density at radius 2 is 2.07 bits per heavy atom. The summed E-state index contributed by atoms with van der Waals surface area (Å²) >= 11 is 3.08. The zero-order valence-electron chi connectivity index (χ0n) is 7.69. The van der Waals surface area contributed by atoms with Crippen LogP contribution in [0.25, 0.3) is 0 Å². The van der Waals surface area contributed by atoms with Crippen molar-refractivity contribution >= 4 is 37.6 Å². The highest BCUT2D eigenvalue weighted by Gasteiger charge is 2.09. The van der Waals surface area contributed by atoms with E-state index in [0.29, 0.717) is 10.2 Å². The molecule has 0 atom stereocenters. The molecule has 0 amide bonds. The van der Waals surface area contributed by atoms with Gasteiger partial charge in [0.1, 0.15) is 0 Å². The molecule has 0 bridgehead atoms. The average molecular weight is 294 g/mol. The molecule has 0 radical (unpaired) electrons. The van der Waals surface area contributed by atoms with Crippen LogP contribution in [0.15, 0.2) is 22.7 Å². The Labute approximate surface area is 95.3 Å². The maximum absolute atomic E-state index is 10.9. The first kappa shape index (κ1) is 12.0. The monoisotopic (exact) mass is 293 g/mol. The number of aromatic carboxylic acids is 1. The first-order chi connectivity index (χ1) is 6.79. The van der Waals surface area contributed by atoms with Crippen molar-refractivity contribution in [2.75, 3.05) is 11.0 Å². The molecule has 0 spiro atoms. The van der Waals surface area contributed by atoms with Crippen LogP contribution in [0.2, 0.25) is 0 Å². The molecule has 0 aliphatic carbocycles. The van der Waals surface area contributed by atoms with Gasteiger partial charge in [-0.3, -0.25) is 4.72 Å². The predicted molar refractivity (Wildman–Crippen MR) is 59.6 cm³/mol. The molecule has 1 aromatic rings. The number of hydrogen-bond acceptors (Lipinski definition) is 3. The van der Waals surface area contributed by atoms with Gasteiger partial charge in [-0.1, -0.05) is 0 Å². The van der Waals surface area contributed by atoms with Gasteiger partial charge >= 0.3 is 5.97 Å². The Morgan fingerprint density at radius 1 is 1.47 bits per heavy atom. The van der Waals surface area contributed by atoms with Gasteiger partial charge in [0.05, 0.1) is 17.5 Å². The number of carbonyl (C=O) groups is 1.